The highest BCUT2D eigenvalue weighted by Gasteiger charge is 2.04. The van der Waals surface area contributed by atoms with Crippen molar-refractivity contribution in [2.45, 2.75) is 26.7 Å². The van der Waals surface area contributed by atoms with Crippen molar-refractivity contribution in [1.82, 2.24) is 0 Å². The third-order valence-corrected chi connectivity index (χ3v) is 2.58. The Morgan fingerprint density at radius 2 is 1.94 bits per heavy atom. The number of Topliss-reactive ketones (excluding diaryl/α,β-unsaturated/α-hetero) is 1. The Morgan fingerprint density at radius 3 is 2.53 bits per heavy atom. The summed E-state index contributed by atoms with van der Waals surface area (Å²) >= 11 is 0. The molecular formula is C14H20O3. The van der Waals surface area contributed by atoms with Gasteiger partial charge in [0.05, 0.1) is 6.61 Å². The molecule has 3 heteroatoms. The van der Waals surface area contributed by atoms with Gasteiger partial charge in [0, 0.05) is 19.3 Å². The molecule has 3 nitrogen and oxygen atoms in total. The van der Waals surface area contributed by atoms with Crippen LogP contribution in [0.3, 0.4) is 0 Å². The summed E-state index contributed by atoms with van der Waals surface area (Å²) in [5.74, 6) is 0.937. The maximum atomic E-state index is 11.2. The second-order valence-electron chi connectivity index (χ2n) is 4.08. The fraction of sp³-hybridized carbons (Fsp3) is 0.500. The minimum Gasteiger partial charge on any atom is -0.493 e. The molecule has 0 aliphatic rings. The molecular weight excluding hydrogens is 216 g/mol. The lowest BCUT2D eigenvalue weighted by Crippen LogP contribution is -2.02. The van der Waals surface area contributed by atoms with Crippen molar-refractivity contribution in [1.29, 1.82) is 0 Å². The molecule has 1 rings (SSSR count). The second-order valence-corrected chi connectivity index (χ2v) is 4.08. The van der Waals surface area contributed by atoms with Crippen LogP contribution in [0.5, 0.6) is 5.75 Å². The predicted octanol–water partition coefficient (Wildman–Crippen LogP) is 3.00. The zero-order valence-corrected chi connectivity index (χ0v) is 10.8. The predicted molar refractivity (Wildman–Crippen MR) is 67.8 cm³/mol. The van der Waals surface area contributed by atoms with E-state index in [0.717, 1.165) is 36.3 Å². The quantitative estimate of drug-likeness (QED) is 0.539. The fourth-order valence-corrected chi connectivity index (χ4v) is 1.56. The molecule has 0 spiro atoms. The number of hydrogen-bond donors (Lipinski definition) is 0. The SMILES string of the molecule is COCCCCOc1ccc(C(C)=O)cc1C. The number of ether oxygens (including phenoxy) is 2. The van der Waals surface area contributed by atoms with E-state index in [9.17, 15) is 4.79 Å². The monoisotopic (exact) mass is 236 g/mol. The molecule has 17 heavy (non-hydrogen) atoms. The molecule has 0 fully saturated rings. The van der Waals surface area contributed by atoms with Crippen molar-refractivity contribution in [2.75, 3.05) is 20.3 Å². The van der Waals surface area contributed by atoms with Gasteiger partial charge in [0.15, 0.2) is 5.78 Å². The molecule has 0 saturated carbocycles. The van der Waals surface area contributed by atoms with Gasteiger partial charge in [0.1, 0.15) is 5.75 Å². The minimum absolute atomic E-state index is 0.0831. The third kappa shape index (κ3) is 4.57. The Morgan fingerprint density at radius 1 is 1.24 bits per heavy atom. The Bertz CT molecular complexity index is 372. The Hall–Kier alpha value is -1.35. The normalized spacial score (nSPS) is 10.3. The molecule has 0 unspecified atom stereocenters. The summed E-state index contributed by atoms with van der Waals surface area (Å²) in [4.78, 5) is 11.2. The topological polar surface area (TPSA) is 35.5 Å². The molecule has 1 aromatic carbocycles. The van der Waals surface area contributed by atoms with Crippen molar-refractivity contribution in [3.05, 3.63) is 29.3 Å². The highest BCUT2D eigenvalue weighted by atomic mass is 16.5. The summed E-state index contributed by atoms with van der Waals surface area (Å²) in [6, 6.07) is 5.54. The molecule has 0 bridgehead atoms. The van der Waals surface area contributed by atoms with Crippen LogP contribution in [0.4, 0.5) is 0 Å². The smallest absolute Gasteiger partial charge is 0.159 e. The fourth-order valence-electron chi connectivity index (χ4n) is 1.56. The molecule has 0 atom stereocenters. The third-order valence-electron chi connectivity index (χ3n) is 2.58. The average Bonchev–Trinajstić information content (AvgIpc) is 2.30. The molecule has 0 amide bonds. The van der Waals surface area contributed by atoms with Crippen LogP contribution in [0.2, 0.25) is 0 Å². The summed E-state index contributed by atoms with van der Waals surface area (Å²) in [5, 5.41) is 0. The van der Waals surface area contributed by atoms with Gasteiger partial charge < -0.3 is 9.47 Å². The van der Waals surface area contributed by atoms with E-state index in [1.807, 2.05) is 19.1 Å². The summed E-state index contributed by atoms with van der Waals surface area (Å²) in [7, 11) is 1.70. The number of hydrogen-bond acceptors (Lipinski definition) is 3. The minimum atomic E-state index is 0.0831. The number of rotatable bonds is 7. The van der Waals surface area contributed by atoms with E-state index in [0.29, 0.717) is 6.61 Å². The van der Waals surface area contributed by atoms with Gasteiger partial charge in [0.25, 0.3) is 0 Å². The number of unbranched alkanes of at least 4 members (excludes halogenated alkanes) is 1. The van der Waals surface area contributed by atoms with E-state index in [1.165, 1.54) is 0 Å². The van der Waals surface area contributed by atoms with Gasteiger partial charge in [0.2, 0.25) is 0 Å². The van der Waals surface area contributed by atoms with Crippen molar-refractivity contribution < 1.29 is 14.3 Å². The number of carbonyl (C=O) groups is 1. The average molecular weight is 236 g/mol. The number of methoxy groups -OCH3 is 1. The van der Waals surface area contributed by atoms with Crippen molar-refractivity contribution in [3.63, 3.8) is 0 Å². The lowest BCUT2D eigenvalue weighted by molar-refractivity contribution is 0.101. The van der Waals surface area contributed by atoms with Crippen LogP contribution in [0, 0.1) is 6.92 Å². The molecule has 0 radical (unpaired) electrons. The van der Waals surface area contributed by atoms with Gasteiger partial charge in [-0.1, -0.05) is 0 Å². The highest BCUT2D eigenvalue weighted by Crippen LogP contribution is 2.19. The first-order valence-corrected chi connectivity index (χ1v) is 5.88. The molecule has 0 aliphatic carbocycles. The molecule has 0 heterocycles. The first-order chi connectivity index (χ1) is 8.15. The van der Waals surface area contributed by atoms with Gasteiger partial charge in [-0.05, 0) is 50.5 Å². The van der Waals surface area contributed by atoms with E-state index in [-0.39, 0.29) is 5.78 Å². The number of ketones is 1. The van der Waals surface area contributed by atoms with Crippen molar-refractivity contribution in [3.8, 4) is 5.75 Å². The maximum Gasteiger partial charge on any atom is 0.159 e. The standard InChI is InChI=1S/C14H20O3/c1-11-10-13(12(2)15)6-7-14(11)17-9-5-4-8-16-3/h6-7,10H,4-5,8-9H2,1-3H3. The lowest BCUT2D eigenvalue weighted by atomic mass is 10.1. The lowest BCUT2D eigenvalue weighted by Gasteiger charge is -2.09. The maximum absolute atomic E-state index is 11.2. The van der Waals surface area contributed by atoms with E-state index in [4.69, 9.17) is 9.47 Å². The molecule has 0 aromatic heterocycles. The summed E-state index contributed by atoms with van der Waals surface area (Å²) in [6.07, 6.45) is 1.98. The summed E-state index contributed by atoms with van der Waals surface area (Å²) in [5.41, 5.74) is 1.73. The van der Waals surface area contributed by atoms with Crippen LogP contribution in [0.15, 0.2) is 18.2 Å². The summed E-state index contributed by atoms with van der Waals surface area (Å²) in [6.45, 7) is 4.98. The Labute approximate surface area is 103 Å². The van der Waals surface area contributed by atoms with Crippen molar-refractivity contribution >= 4 is 5.78 Å². The Kier molecular flexibility index (Phi) is 5.70. The molecule has 0 aliphatic heterocycles. The van der Waals surface area contributed by atoms with Crippen LogP contribution in [-0.2, 0) is 4.74 Å². The molecule has 0 N–H and O–H groups in total. The number of carbonyl (C=O) groups excluding carboxylic acids is 1. The molecule has 1 aromatic rings. The van der Waals surface area contributed by atoms with Crippen LogP contribution < -0.4 is 4.74 Å². The van der Waals surface area contributed by atoms with Gasteiger partial charge >= 0.3 is 0 Å². The zero-order valence-electron chi connectivity index (χ0n) is 10.8. The van der Waals surface area contributed by atoms with Crippen LogP contribution in [0.25, 0.3) is 0 Å². The zero-order chi connectivity index (χ0) is 12.7. The van der Waals surface area contributed by atoms with E-state index < -0.39 is 0 Å². The highest BCUT2D eigenvalue weighted by molar-refractivity contribution is 5.94. The van der Waals surface area contributed by atoms with Gasteiger partial charge in [-0.15, -0.1) is 0 Å². The summed E-state index contributed by atoms with van der Waals surface area (Å²) < 4.78 is 10.6. The molecule has 0 saturated heterocycles. The van der Waals surface area contributed by atoms with Gasteiger partial charge in [-0.25, -0.2) is 0 Å². The van der Waals surface area contributed by atoms with E-state index >= 15 is 0 Å². The van der Waals surface area contributed by atoms with Gasteiger partial charge in [-0.3, -0.25) is 4.79 Å². The Balaban J connectivity index is 2.46. The van der Waals surface area contributed by atoms with Crippen LogP contribution in [0.1, 0.15) is 35.7 Å². The van der Waals surface area contributed by atoms with E-state index in [1.54, 1.807) is 20.1 Å². The number of benzene rings is 1. The van der Waals surface area contributed by atoms with Gasteiger partial charge in [-0.2, -0.15) is 0 Å². The van der Waals surface area contributed by atoms with E-state index in [2.05, 4.69) is 0 Å². The number of aryl methyl sites for hydroxylation is 1. The largest absolute Gasteiger partial charge is 0.493 e. The van der Waals surface area contributed by atoms with Crippen molar-refractivity contribution in [2.24, 2.45) is 0 Å². The molecule has 94 valence electrons. The van der Waals surface area contributed by atoms with Crippen LogP contribution >= 0.6 is 0 Å². The first kappa shape index (κ1) is 13.7. The second kappa shape index (κ2) is 7.07. The first-order valence-electron chi connectivity index (χ1n) is 5.88. The van der Waals surface area contributed by atoms with Crippen LogP contribution in [-0.4, -0.2) is 26.1 Å².